The van der Waals surface area contributed by atoms with Gasteiger partial charge in [0.2, 0.25) is 0 Å². The molecular formula is C14H15F3N2O. The van der Waals surface area contributed by atoms with E-state index >= 15 is 0 Å². The molecule has 2 N–H and O–H groups in total. The monoisotopic (exact) mass is 284 g/mol. The molecule has 1 aromatic carbocycles. The first-order chi connectivity index (χ1) is 9.35. The highest BCUT2D eigenvalue weighted by Crippen LogP contribution is 2.24. The van der Waals surface area contributed by atoms with E-state index < -0.39 is 18.5 Å². The number of benzene rings is 1. The molecule has 0 aliphatic rings. The number of carbonyl (C=O) groups excluding carboxylic acids is 1. The molecule has 108 valence electrons. The number of alkyl halides is 3. The lowest BCUT2D eigenvalue weighted by atomic mass is 10.1. The van der Waals surface area contributed by atoms with E-state index in [-0.39, 0.29) is 12.5 Å². The second kappa shape index (κ2) is 5.56. The van der Waals surface area contributed by atoms with Crippen LogP contribution < -0.4 is 5.32 Å². The molecule has 20 heavy (non-hydrogen) atoms. The van der Waals surface area contributed by atoms with Gasteiger partial charge in [0.25, 0.3) is 5.91 Å². The normalized spacial score (nSPS) is 13.4. The first-order valence-electron chi connectivity index (χ1n) is 6.27. The summed E-state index contributed by atoms with van der Waals surface area (Å²) in [5.41, 5.74) is 1.35. The highest BCUT2D eigenvalue weighted by atomic mass is 19.4. The molecule has 0 aliphatic heterocycles. The lowest BCUT2D eigenvalue weighted by molar-refractivity contribution is -0.142. The molecule has 0 radical (unpaired) electrons. The number of hydrogen-bond donors (Lipinski definition) is 2. The van der Waals surface area contributed by atoms with Gasteiger partial charge in [0.15, 0.2) is 0 Å². The van der Waals surface area contributed by atoms with E-state index in [0.717, 1.165) is 10.9 Å². The number of amides is 1. The molecule has 1 unspecified atom stereocenters. The van der Waals surface area contributed by atoms with E-state index in [1.165, 1.54) is 6.92 Å². The highest BCUT2D eigenvalue weighted by Gasteiger charge is 2.29. The van der Waals surface area contributed by atoms with Crippen LogP contribution in [0.4, 0.5) is 13.2 Å². The van der Waals surface area contributed by atoms with Gasteiger partial charge in [0.05, 0.1) is 0 Å². The molecule has 0 fully saturated rings. The second-order valence-electron chi connectivity index (χ2n) is 4.91. The zero-order valence-electron chi connectivity index (χ0n) is 10.9. The van der Waals surface area contributed by atoms with Gasteiger partial charge >= 0.3 is 6.18 Å². The third-order valence-corrected chi connectivity index (χ3v) is 3.01. The van der Waals surface area contributed by atoms with Gasteiger partial charge < -0.3 is 10.3 Å². The maximum absolute atomic E-state index is 12.2. The number of aromatic nitrogens is 1. The lowest BCUT2D eigenvalue weighted by Gasteiger charge is -2.14. The molecule has 1 heterocycles. The summed E-state index contributed by atoms with van der Waals surface area (Å²) < 4.78 is 36.5. The van der Waals surface area contributed by atoms with E-state index in [2.05, 4.69) is 10.3 Å². The quantitative estimate of drug-likeness (QED) is 0.887. The van der Waals surface area contributed by atoms with E-state index in [4.69, 9.17) is 0 Å². The zero-order chi connectivity index (χ0) is 14.8. The van der Waals surface area contributed by atoms with Gasteiger partial charge in [-0.3, -0.25) is 4.79 Å². The molecule has 0 bridgehead atoms. The molecule has 0 saturated heterocycles. The summed E-state index contributed by atoms with van der Waals surface area (Å²) in [6, 6.07) is 6.94. The lowest BCUT2D eigenvalue weighted by Crippen LogP contribution is -2.30. The zero-order valence-corrected chi connectivity index (χ0v) is 10.9. The van der Waals surface area contributed by atoms with Gasteiger partial charge in [-0.15, -0.1) is 0 Å². The van der Waals surface area contributed by atoms with E-state index in [1.54, 1.807) is 24.4 Å². The average Bonchev–Trinajstić information content (AvgIpc) is 2.80. The summed E-state index contributed by atoms with van der Waals surface area (Å²) in [4.78, 5) is 14.9. The number of H-pyrrole nitrogens is 1. The Balaban J connectivity index is 1.94. The second-order valence-corrected chi connectivity index (χ2v) is 4.91. The Hall–Kier alpha value is -1.98. The van der Waals surface area contributed by atoms with Gasteiger partial charge in [-0.1, -0.05) is 6.92 Å². The molecule has 2 aromatic rings. The molecule has 0 spiro atoms. The Kier molecular flexibility index (Phi) is 4.01. The van der Waals surface area contributed by atoms with Gasteiger partial charge in [-0.25, -0.2) is 0 Å². The van der Waals surface area contributed by atoms with Crippen LogP contribution in [0, 0.1) is 5.92 Å². The topological polar surface area (TPSA) is 44.9 Å². The first-order valence-corrected chi connectivity index (χ1v) is 6.27. The maximum atomic E-state index is 12.2. The van der Waals surface area contributed by atoms with E-state index in [0.29, 0.717) is 5.56 Å². The van der Waals surface area contributed by atoms with Crippen molar-refractivity contribution in [3.8, 4) is 0 Å². The minimum atomic E-state index is -4.20. The predicted octanol–water partition coefficient (Wildman–Crippen LogP) is 3.49. The van der Waals surface area contributed by atoms with E-state index in [1.807, 2.05) is 6.07 Å². The number of nitrogens with one attached hydrogen (secondary N) is 2. The van der Waals surface area contributed by atoms with Crippen molar-refractivity contribution in [2.45, 2.75) is 19.5 Å². The van der Waals surface area contributed by atoms with Crippen molar-refractivity contribution in [3.05, 3.63) is 36.0 Å². The predicted molar refractivity (Wildman–Crippen MR) is 70.5 cm³/mol. The van der Waals surface area contributed by atoms with Crippen LogP contribution in [0.3, 0.4) is 0 Å². The van der Waals surface area contributed by atoms with Crippen molar-refractivity contribution in [3.63, 3.8) is 0 Å². The van der Waals surface area contributed by atoms with Crippen molar-refractivity contribution >= 4 is 16.8 Å². The van der Waals surface area contributed by atoms with Crippen molar-refractivity contribution in [1.29, 1.82) is 0 Å². The summed E-state index contributed by atoms with van der Waals surface area (Å²) in [6.07, 6.45) is -3.34. The molecule has 6 heteroatoms. The fourth-order valence-corrected chi connectivity index (χ4v) is 2.03. The molecule has 1 aromatic heterocycles. The molecule has 0 aliphatic carbocycles. The van der Waals surface area contributed by atoms with Gasteiger partial charge in [-0.05, 0) is 30.2 Å². The average molecular weight is 284 g/mol. The molecule has 1 atom stereocenters. The number of rotatable bonds is 4. The Morgan fingerprint density at radius 1 is 1.35 bits per heavy atom. The van der Waals surface area contributed by atoms with Gasteiger partial charge in [0.1, 0.15) is 0 Å². The largest absolute Gasteiger partial charge is 0.389 e. The number of aromatic amines is 1. The number of fused-ring (bicyclic) bond motifs is 1. The molecular weight excluding hydrogens is 269 g/mol. The Morgan fingerprint density at radius 3 is 2.80 bits per heavy atom. The van der Waals surface area contributed by atoms with Crippen molar-refractivity contribution in [2.24, 2.45) is 5.92 Å². The Bertz CT molecular complexity index is 604. The third-order valence-electron chi connectivity index (χ3n) is 3.01. The third kappa shape index (κ3) is 3.76. The molecule has 2 rings (SSSR count). The van der Waals surface area contributed by atoms with Crippen molar-refractivity contribution in [2.75, 3.05) is 6.54 Å². The van der Waals surface area contributed by atoms with E-state index in [9.17, 15) is 18.0 Å². The summed E-state index contributed by atoms with van der Waals surface area (Å²) >= 11 is 0. The molecule has 3 nitrogen and oxygen atoms in total. The van der Waals surface area contributed by atoms with Crippen LogP contribution in [0.2, 0.25) is 0 Å². The van der Waals surface area contributed by atoms with Gasteiger partial charge in [0, 0.05) is 35.6 Å². The van der Waals surface area contributed by atoms with Crippen molar-refractivity contribution < 1.29 is 18.0 Å². The number of halogens is 3. The van der Waals surface area contributed by atoms with Crippen LogP contribution in [0.15, 0.2) is 30.5 Å². The molecule has 0 saturated carbocycles. The summed E-state index contributed by atoms with van der Waals surface area (Å²) in [7, 11) is 0. The number of carbonyl (C=O) groups is 1. The smallest absolute Gasteiger partial charge is 0.361 e. The van der Waals surface area contributed by atoms with Crippen molar-refractivity contribution in [1.82, 2.24) is 10.3 Å². The van der Waals surface area contributed by atoms with Crippen LogP contribution in [-0.4, -0.2) is 23.6 Å². The first kappa shape index (κ1) is 14.4. The van der Waals surface area contributed by atoms with Gasteiger partial charge in [-0.2, -0.15) is 13.2 Å². The van der Waals surface area contributed by atoms with Crippen LogP contribution >= 0.6 is 0 Å². The minimum absolute atomic E-state index is 0.00349. The minimum Gasteiger partial charge on any atom is -0.361 e. The summed E-state index contributed by atoms with van der Waals surface area (Å²) in [6.45, 7) is 1.46. The maximum Gasteiger partial charge on any atom is 0.389 e. The fraction of sp³-hybridized carbons (Fsp3) is 0.357. The highest BCUT2D eigenvalue weighted by molar-refractivity contribution is 5.98. The fourth-order valence-electron chi connectivity index (χ4n) is 2.03. The Labute approximate surface area is 114 Å². The summed E-state index contributed by atoms with van der Waals surface area (Å²) in [5, 5.41) is 3.42. The summed E-state index contributed by atoms with van der Waals surface area (Å²) in [5.74, 6) is -1.00. The molecule has 1 amide bonds. The standard InChI is InChI=1S/C14H15F3N2O/c1-9(7-14(15,16)17)8-19-13(20)11-2-3-12-10(6-11)4-5-18-12/h2-6,9,18H,7-8H2,1H3,(H,19,20). The van der Waals surface area contributed by atoms with Crippen LogP contribution in [0.1, 0.15) is 23.7 Å². The Morgan fingerprint density at radius 2 is 2.10 bits per heavy atom. The van der Waals surface area contributed by atoms with Crippen LogP contribution in [-0.2, 0) is 0 Å². The SMILES string of the molecule is CC(CNC(=O)c1ccc2[nH]ccc2c1)CC(F)(F)F. The van der Waals surface area contributed by atoms with Crippen LogP contribution in [0.25, 0.3) is 10.9 Å². The number of hydrogen-bond acceptors (Lipinski definition) is 1. The van der Waals surface area contributed by atoms with Crippen LogP contribution in [0.5, 0.6) is 0 Å².